The van der Waals surface area contributed by atoms with Gasteiger partial charge in [0.05, 0.1) is 19.3 Å². The highest BCUT2D eigenvalue weighted by Gasteiger charge is 2.52. The van der Waals surface area contributed by atoms with Crippen molar-refractivity contribution in [3.8, 4) is 0 Å². The van der Waals surface area contributed by atoms with Crippen LogP contribution in [0.2, 0.25) is 0 Å². The lowest BCUT2D eigenvalue weighted by molar-refractivity contribution is -0.154. The number of carbonyl (C=O) groups is 2. The SMILES string of the molecule is CC(C)OC(=O)C1C2COC[C@H]2CN1C(=O)OC(C)(C)C. The van der Waals surface area contributed by atoms with Crippen LogP contribution in [0.5, 0.6) is 0 Å². The number of carbonyl (C=O) groups excluding carboxylic acids is 2. The van der Waals surface area contributed by atoms with Gasteiger partial charge in [0.1, 0.15) is 11.6 Å². The lowest BCUT2D eigenvalue weighted by Crippen LogP contribution is -2.47. The zero-order valence-electron chi connectivity index (χ0n) is 13.4. The summed E-state index contributed by atoms with van der Waals surface area (Å²) in [6, 6.07) is -0.602. The summed E-state index contributed by atoms with van der Waals surface area (Å²) in [4.78, 5) is 26.2. The fourth-order valence-corrected chi connectivity index (χ4v) is 2.86. The number of hydrogen-bond acceptors (Lipinski definition) is 5. The molecule has 1 amide bonds. The van der Waals surface area contributed by atoms with Gasteiger partial charge in [0, 0.05) is 18.4 Å². The molecule has 0 aromatic carbocycles. The molecule has 0 saturated carbocycles. The summed E-state index contributed by atoms with van der Waals surface area (Å²) in [5.41, 5.74) is -0.586. The van der Waals surface area contributed by atoms with Crippen molar-refractivity contribution < 1.29 is 23.8 Å². The number of rotatable bonds is 2. The van der Waals surface area contributed by atoms with Crippen LogP contribution in [0.1, 0.15) is 34.6 Å². The Hall–Kier alpha value is -1.30. The first-order valence-corrected chi connectivity index (χ1v) is 7.47. The minimum Gasteiger partial charge on any atom is -0.461 e. The second-order valence-corrected chi connectivity index (χ2v) is 7.02. The number of amides is 1. The first kappa shape index (κ1) is 16.1. The second kappa shape index (κ2) is 5.83. The monoisotopic (exact) mass is 299 g/mol. The Bertz CT molecular complexity index is 415. The maximum absolute atomic E-state index is 12.4. The van der Waals surface area contributed by atoms with Gasteiger partial charge in [-0.2, -0.15) is 0 Å². The summed E-state index contributed by atoms with van der Waals surface area (Å²) in [5.74, 6) is -0.181. The zero-order valence-corrected chi connectivity index (χ0v) is 13.4. The van der Waals surface area contributed by atoms with Gasteiger partial charge in [0.2, 0.25) is 0 Å². The molecule has 2 rings (SSSR count). The highest BCUT2D eigenvalue weighted by atomic mass is 16.6. The minimum absolute atomic E-state index is 0.00349. The van der Waals surface area contributed by atoms with Crippen LogP contribution >= 0.6 is 0 Å². The number of esters is 1. The Morgan fingerprint density at radius 3 is 2.48 bits per heavy atom. The predicted octanol–water partition coefficient (Wildman–Crippen LogP) is 1.82. The third-order valence-corrected chi connectivity index (χ3v) is 3.64. The molecule has 2 aliphatic rings. The van der Waals surface area contributed by atoms with Gasteiger partial charge in [-0.15, -0.1) is 0 Å². The quantitative estimate of drug-likeness (QED) is 0.728. The molecule has 0 bridgehead atoms. The van der Waals surface area contributed by atoms with Gasteiger partial charge in [-0.05, 0) is 34.6 Å². The molecule has 2 heterocycles. The van der Waals surface area contributed by atoms with E-state index < -0.39 is 17.7 Å². The molecule has 0 radical (unpaired) electrons. The van der Waals surface area contributed by atoms with E-state index in [1.165, 1.54) is 4.90 Å². The molecule has 0 spiro atoms. The summed E-state index contributed by atoms with van der Waals surface area (Å²) in [7, 11) is 0. The Balaban J connectivity index is 2.14. The second-order valence-electron chi connectivity index (χ2n) is 7.02. The van der Waals surface area contributed by atoms with Gasteiger partial charge in [0.15, 0.2) is 0 Å². The molecule has 21 heavy (non-hydrogen) atoms. The Morgan fingerprint density at radius 2 is 1.90 bits per heavy atom. The predicted molar refractivity (Wildman–Crippen MR) is 75.8 cm³/mol. The van der Waals surface area contributed by atoms with Crippen LogP contribution in [0, 0.1) is 11.8 Å². The Morgan fingerprint density at radius 1 is 1.24 bits per heavy atom. The van der Waals surface area contributed by atoms with Crippen molar-refractivity contribution in [3.05, 3.63) is 0 Å². The molecule has 0 aromatic heterocycles. The largest absolute Gasteiger partial charge is 0.461 e. The molecular weight excluding hydrogens is 274 g/mol. The third kappa shape index (κ3) is 3.67. The average molecular weight is 299 g/mol. The highest BCUT2D eigenvalue weighted by molar-refractivity contribution is 5.83. The van der Waals surface area contributed by atoms with Crippen LogP contribution in [0.4, 0.5) is 4.79 Å². The van der Waals surface area contributed by atoms with Gasteiger partial charge in [-0.25, -0.2) is 9.59 Å². The number of ether oxygens (including phenoxy) is 3. The van der Waals surface area contributed by atoms with Crippen molar-refractivity contribution in [2.45, 2.75) is 52.4 Å². The molecule has 6 heteroatoms. The molecule has 0 N–H and O–H groups in total. The van der Waals surface area contributed by atoms with Crippen molar-refractivity contribution in [1.29, 1.82) is 0 Å². The van der Waals surface area contributed by atoms with E-state index in [4.69, 9.17) is 14.2 Å². The van der Waals surface area contributed by atoms with Crippen molar-refractivity contribution in [2.24, 2.45) is 11.8 Å². The van der Waals surface area contributed by atoms with E-state index in [1.54, 1.807) is 13.8 Å². The number of nitrogens with zero attached hydrogens (tertiary/aromatic N) is 1. The topological polar surface area (TPSA) is 65.1 Å². The van der Waals surface area contributed by atoms with Crippen LogP contribution in [0.3, 0.4) is 0 Å². The maximum Gasteiger partial charge on any atom is 0.411 e. The van der Waals surface area contributed by atoms with Gasteiger partial charge < -0.3 is 14.2 Å². The summed E-state index contributed by atoms with van der Waals surface area (Å²) in [6.45, 7) is 10.6. The molecule has 0 aromatic rings. The van der Waals surface area contributed by atoms with E-state index in [0.29, 0.717) is 19.8 Å². The van der Waals surface area contributed by atoms with E-state index in [2.05, 4.69) is 0 Å². The molecule has 3 atom stereocenters. The van der Waals surface area contributed by atoms with E-state index in [9.17, 15) is 9.59 Å². The Kier molecular flexibility index (Phi) is 4.46. The normalized spacial score (nSPS) is 28.7. The molecule has 2 unspecified atom stereocenters. The van der Waals surface area contributed by atoms with Crippen LogP contribution in [-0.2, 0) is 19.0 Å². The van der Waals surface area contributed by atoms with Gasteiger partial charge in [-0.1, -0.05) is 0 Å². The molecular formula is C15H25NO5. The standard InChI is InChI=1S/C15H25NO5/c1-9(2)20-13(17)12-11-8-19-7-10(11)6-16(12)14(18)21-15(3,4)5/h9-12H,6-8H2,1-5H3/t10-,11?,12?/m1/s1. The summed E-state index contributed by atoms with van der Waals surface area (Å²) >= 11 is 0. The summed E-state index contributed by atoms with van der Waals surface area (Å²) in [6.07, 6.45) is -0.665. The van der Waals surface area contributed by atoms with Crippen LogP contribution in [0.25, 0.3) is 0 Å². The first-order chi connectivity index (χ1) is 9.69. The molecule has 2 aliphatic heterocycles. The molecule has 120 valence electrons. The third-order valence-electron chi connectivity index (χ3n) is 3.64. The zero-order chi connectivity index (χ0) is 15.8. The van der Waals surface area contributed by atoms with Crippen molar-refractivity contribution >= 4 is 12.1 Å². The van der Waals surface area contributed by atoms with E-state index in [-0.39, 0.29) is 23.9 Å². The van der Waals surface area contributed by atoms with Crippen LogP contribution < -0.4 is 0 Å². The molecule has 2 fully saturated rings. The van der Waals surface area contributed by atoms with Gasteiger partial charge in [0.25, 0.3) is 0 Å². The molecule has 6 nitrogen and oxygen atoms in total. The van der Waals surface area contributed by atoms with Crippen LogP contribution in [-0.4, -0.2) is 54.5 Å². The first-order valence-electron chi connectivity index (χ1n) is 7.47. The summed E-state index contributed by atoms with van der Waals surface area (Å²) < 4.78 is 16.2. The van der Waals surface area contributed by atoms with Crippen molar-refractivity contribution in [1.82, 2.24) is 4.90 Å². The van der Waals surface area contributed by atoms with E-state index >= 15 is 0 Å². The van der Waals surface area contributed by atoms with Crippen LogP contribution in [0.15, 0.2) is 0 Å². The number of fused-ring (bicyclic) bond motifs is 1. The maximum atomic E-state index is 12.4. The lowest BCUT2D eigenvalue weighted by atomic mass is 9.94. The van der Waals surface area contributed by atoms with Crippen molar-refractivity contribution in [3.63, 3.8) is 0 Å². The highest BCUT2D eigenvalue weighted by Crippen LogP contribution is 2.36. The van der Waals surface area contributed by atoms with Crippen molar-refractivity contribution in [2.75, 3.05) is 19.8 Å². The smallest absolute Gasteiger partial charge is 0.411 e. The van der Waals surface area contributed by atoms with Gasteiger partial charge in [-0.3, -0.25) is 4.90 Å². The number of hydrogen-bond donors (Lipinski definition) is 0. The van der Waals surface area contributed by atoms with E-state index in [0.717, 1.165) is 0 Å². The molecule has 2 saturated heterocycles. The van der Waals surface area contributed by atoms with E-state index in [1.807, 2.05) is 20.8 Å². The van der Waals surface area contributed by atoms with Gasteiger partial charge >= 0.3 is 12.1 Å². The summed E-state index contributed by atoms with van der Waals surface area (Å²) in [5, 5.41) is 0. The lowest BCUT2D eigenvalue weighted by Gasteiger charge is -2.29. The fourth-order valence-electron chi connectivity index (χ4n) is 2.86. The fraction of sp³-hybridized carbons (Fsp3) is 0.867. The average Bonchev–Trinajstić information content (AvgIpc) is 2.83. The minimum atomic E-state index is -0.602. The number of likely N-dealkylation sites (tertiary alicyclic amines) is 1. The molecule has 0 aliphatic carbocycles. The Labute approximate surface area is 125 Å².